The van der Waals surface area contributed by atoms with Crippen molar-refractivity contribution in [1.29, 1.82) is 0 Å². The standard InChI is InChI=1S/C14H22N2O/c1-3-11-7-6-10-16(11)12-8-5-9-13(14(12)15)17-4-2/h5,8-9,11H,3-4,6-7,10,15H2,1-2H3. The van der Waals surface area contributed by atoms with E-state index in [4.69, 9.17) is 10.5 Å². The average Bonchev–Trinajstić information content (AvgIpc) is 2.80. The number of para-hydroxylation sites is 1. The highest BCUT2D eigenvalue weighted by atomic mass is 16.5. The van der Waals surface area contributed by atoms with Crippen molar-refractivity contribution < 1.29 is 4.74 Å². The predicted molar refractivity (Wildman–Crippen MR) is 72.7 cm³/mol. The maximum Gasteiger partial charge on any atom is 0.144 e. The quantitative estimate of drug-likeness (QED) is 0.814. The molecule has 1 unspecified atom stereocenters. The minimum Gasteiger partial charge on any atom is -0.492 e. The first-order valence-corrected chi connectivity index (χ1v) is 6.55. The number of nitrogens with two attached hydrogens (primary N) is 1. The van der Waals surface area contributed by atoms with Crippen LogP contribution >= 0.6 is 0 Å². The average molecular weight is 234 g/mol. The zero-order valence-electron chi connectivity index (χ0n) is 10.8. The molecular weight excluding hydrogens is 212 g/mol. The molecule has 1 aliphatic heterocycles. The van der Waals surface area contributed by atoms with E-state index in [0.29, 0.717) is 12.6 Å². The van der Waals surface area contributed by atoms with E-state index in [0.717, 1.165) is 23.7 Å². The molecule has 1 aliphatic rings. The number of nitrogen functional groups attached to an aromatic ring is 1. The molecule has 3 nitrogen and oxygen atoms in total. The van der Waals surface area contributed by atoms with Crippen LogP contribution in [-0.2, 0) is 0 Å². The van der Waals surface area contributed by atoms with Gasteiger partial charge in [0.25, 0.3) is 0 Å². The van der Waals surface area contributed by atoms with Crippen molar-refractivity contribution in [3.8, 4) is 5.75 Å². The Balaban J connectivity index is 2.28. The van der Waals surface area contributed by atoms with Crippen LogP contribution < -0.4 is 15.4 Å². The van der Waals surface area contributed by atoms with Crippen LogP contribution in [0, 0.1) is 0 Å². The van der Waals surface area contributed by atoms with Crippen molar-refractivity contribution >= 4 is 11.4 Å². The van der Waals surface area contributed by atoms with Crippen LogP contribution in [0.25, 0.3) is 0 Å². The van der Waals surface area contributed by atoms with E-state index in [2.05, 4.69) is 17.9 Å². The van der Waals surface area contributed by atoms with E-state index >= 15 is 0 Å². The van der Waals surface area contributed by atoms with Gasteiger partial charge in [-0.25, -0.2) is 0 Å². The summed E-state index contributed by atoms with van der Waals surface area (Å²) < 4.78 is 5.55. The lowest BCUT2D eigenvalue weighted by Crippen LogP contribution is -2.29. The predicted octanol–water partition coefficient (Wildman–Crippen LogP) is 3.05. The Morgan fingerprint density at radius 2 is 2.24 bits per heavy atom. The van der Waals surface area contributed by atoms with E-state index in [1.54, 1.807) is 0 Å². The van der Waals surface area contributed by atoms with E-state index in [1.165, 1.54) is 19.3 Å². The molecule has 94 valence electrons. The van der Waals surface area contributed by atoms with Gasteiger partial charge in [-0.3, -0.25) is 0 Å². The van der Waals surface area contributed by atoms with E-state index < -0.39 is 0 Å². The van der Waals surface area contributed by atoms with Crippen molar-refractivity contribution in [3.63, 3.8) is 0 Å². The number of rotatable bonds is 4. The van der Waals surface area contributed by atoms with Gasteiger partial charge in [0, 0.05) is 12.6 Å². The van der Waals surface area contributed by atoms with Gasteiger partial charge >= 0.3 is 0 Å². The van der Waals surface area contributed by atoms with Crippen molar-refractivity contribution in [2.24, 2.45) is 0 Å². The van der Waals surface area contributed by atoms with Gasteiger partial charge in [0.05, 0.1) is 18.0 Å². The number of anilines is 2. The number of hydrogen-bond acceptors (Lipinski definition) is 3. The fourth-order valence-corrected chi connectivity index (χ4v) is 2.64. The molecule has 2 rings (SSSR count). The molecule has 3 heteroatoms. The van der Waals surface area contributed by atoms with Gasteiger partial charge in [0.2, 0.25) is 0 Å². The Morgan fingerprint density at radius 3 is 2.94 bits per heavy atom. The van der Waals surface area contributed by atoms with Gasteiger partial charge in [0.1, 0.15) is 5.75 Å². The van der Waals surface area contributed by atoms with Crippen molar-refractivity contribution in [1.82, 2.24) is 0 Å². The van der Waals surface area contributed by atoms with Crippen molar-refractivity contribution in [2.45, 2.75) is 39.2 Å². The molecule has 1 fully saturated rings. The first-order chi connectivity index (χ1) is 8.27. The summed E-state index contributed by atoms with van der Waals surface area (Å²) >= 11 is 0. The maximum absolute atomic E-state index is 6.20. The summed E-state index contributed by atoms with van der Waals surface area (Å²) in [6.45, 7) is 5.99. The topological polar surface area (TPSA) is 38.5 Å². The first kappa shape index (κ1) is 12.1. The van der Waals surface area contributed by atoms with Crippen LogP contribution in [-0.4, -0.2) is 19.2 Å². The molecule has 2 N–H and O–H groups in total. The first-order valence-electron chi connectivity index (χ1n) is 6.55. The van der Waals surface area contributed by atoms with Gasteiger partial charge in [-0.15, -0.1) is 0 Å². The number of nitrogens with zero attached hydrogens (tertiary/aromatic N) is 1. The molecule has 1 aromatic carbocycles. The molecule has 0 spiro atoms. The highest BCUT2D eigenvalue weighted by Gasteiger charge is 2.25. The second kappa shape index (κ2) is 5.30. The molecule has 0 bridgehead atoms. The molecule has 0 aromatic heterocycles. The highest BCUT2D eigenvalue weighted by Crippen LogP contribution is 2.36. The monoisotopic (exact) mass is 234 g/mol. The minimum absolute atomic E-state index is 0.633. The zero-order valence-corrected chi connectivity index (χ0v) is 10.8. The van der Waals surface area contributed by atoms with Crippen LogP contribution in [0.4, 0.5) is 11.4 Å². The molecule has 0 saturated carbocycles. The Kier molecular flexibility index (Phi) is 3.77. The molecule has 17 heavy (non-hydrogen) atoms. The highest BCUT2D eigenvalue weighted by molar-refractivity contribution is 5.74. The summed E-state index contributed by atoms with van der Waals surface area (Å²) in [5.74, 6) is 0.812. The Bertz CT molecular complexity index is 378. The van der Waals surface area contributed by atoms with Crippen LogP contribution in [0.15, 0.2) is 18.2 Å². The molecule has 1 heterocycles. The third-order valence-electron chi connectivity index (χ3n) is 3.50. The summed E-state index contributed by atoms with van der Waals surface area (Å²) in [5.41, 5.74) is 8.13. The van der Waals surface area contributed by atoms with Gasteiger partial charge in [-0.05, 0) is 38.3 Å². The van der Waals surface area contributed by atoms with Crippen LogP contribution in [0.1, 0.15) is 33.1 Å². The lowest BCUT2D eigenvalue weighted by molar-refractivity contribution is 0.342. The molecule has 0 aliphatic carbocycles. The summed E-state index contributed by atoms with van der Waals surface area (Å²) in [4.78, 5) is 2.43. The summed E-state index contributed by atoms with van der Waals surface area (Å²) in [7, 11) is 0. The lowest BCUT2D eigenvalue weighted by atomic mass is 10.1. The molecule has 1 saturated heterocycles. The largest absolute Gasteiger partial charge is 0.492 e. The summed E-state index contributed by atoms with van der Waals surface area (Å²) in [6.07, 6.45) is 3.71. The smallest absolute Gasteiger partial charge is 0.144 e. The molecule has 0 radical (unpaired) electrons. The second-order valence-electron chi connectivity index (χ2n) is 4.52. The number of hydrogen-bond donors (Lipinski definition) is 1. The van der Waals surface area contributed by atoms with E-state index in [9.17, 15) is 0 Å². The molecular formula is C14H22N2O. The molecule has 0 amide bonds. The third-order valence-corrected chi connectivity index (χ3v) is 3.50. The second-order valence-corrected chi connectivity index (χ2v) is 4.52. The van der Waals surface area contributed by atoms with Crippen molar-refractivity contribution in [2.75, 3.05) is 23.8 Å². The Morgan fingerprint density at radius 1 is 1.41 bits per heavy atom. The summed E-state index contributed by atoms with van der Waals surface area (Å²) in [5, 5.41) is 0. The number of benzene rings is 1. The SMILES string of the molecule is CCOc1cccc(N2CCCC2CC)c1N. The lowest BCUT2D eigenvalue weighted by Gasteiger charge is -2.27. The normalized spacial score (nSPS) is 19.6. The zero-order chi connectivity index (χ0) is 12.3. The van der Waals surface area contributed by atoms with E-state index in [-0.39, 0.29) is 0 Å². The summed E-state index contributed by atoms with van der Waals surface area (Å²) in [6, 6.07) is 6.71. The van der Waals surface area contributed by atoms with Gasteiger partial charge in [0.15, 0.2) is 0 Å². The maximum atomic E-state index is 6.20. The molecule has 1 atom stereocenters. The van der Waals surface area contributed by atoms with Gasteiger partial charge in [-0.2, -0.15) is 0 Å². The fourth-order valence-electron chi connectivity index (χ4n) is 2.64. The minimum atomic E-state index is 0.633. The molecule has 1 aromatic rings. The fraction of sp³-hybridized carbons (Fsp3) is 0.571. The van der Waals surface area contributed by atoms with E-state index in [1.807, 2.05) is 19.1 Å². The third kappa shape index (κ3) is 2.33. The van der Waals surface area contributed by atoms with Crippen molar-refractivity contribution in [3.05, 3.63) is 18.2 Å². The van der Waals surface area contributed by atoms with Crippen LogP contribution in [0.2, 0.25) is 0 Å². The van der Waals surface area contributed by atoms with Crippen LogP contribution in [0.5, 0.6) is 5.75 Å². The van der Waals surface area contributed by atoms with Crippen LogP contribution in [0.3, 0.4) is 0 Å². The van der Waals surface area contributed by atoms with Gasteiger partial charge in [-0.1, -0.05) is 13.0 Å². The Labute approximate surface area is 104 Å². The van der Waals surface area contributed by atoms with Gasteiger partial charge < -0.3 is 15.4 Å². The Hall–Kier alpha value is -1.38. The number of ether oxygens (including phenoxy) is 1.